The van der Waals surface area contributed by atoms with Crippen LogP contribution in [0.2, 0.25) is 5.02 Å². The Kier molecular flexibility index (Phi) is 4.95. The third-order valence-corrected chi connectivity index (χ3v) is 4.43. The molecule has 0 radical (unpaired) electrons. The molecule has 0 aliphatic heterocycles. The number of aromatic nitrogens is 3. The molecule has 5 nitrogen and oxygen atoms in total. The maximum atomic E-state index is 12.5. The van der Waals surface area contributed by atoms with E-state index in [-0.39, 0.29) is 23.8 Å². The van der Waals surface area contributed by atoms with Gasteiger partial charge in [-0.3, -0.25) is 9.59 Å². The minimum atomic E-state index is -0.358. The molecule has 0 bridgehead atoms. The van der Waals surface area contributed by atoms with Crippen LogP contribution in [0.1, 0.15) is 30.4 Å². The van der Waals surface area contributed by atoms with E-state index in [1.54, 1.807) is 18.2 Å². The highest BCUT2D eigenvalue weighted by Crippen LogP contribution is 2.20. The normalized spacial score (nSPS) is 12.3. The Hall–Kier alpha value is -2.53. The van der Waals surface area contributed by atoms with E-state index in [4.69, 9.17) is 11.6 Å². The predicted molar refractivity (Wildman–Crippen MR) is 98.0 cm³/mol. The van der Waals surface area contributed by atoms with Gasteiger partial charge in [-0.2, -0.15) is 0 Å². The minimum Gasteiger partial charge on any atom is -0.298 e. The first-order chi connectivity index (χ1) is 11.9. The Balaban J connectivity index is 1.76. The number of ketones is 1. The van der Waals surface area contributed by atoms with Crippen molar-refractivity contribution in [1.29, 1.82) is 0 Å². The van der Waals surface area contributed by atoms with E-state index in [1.165, 1.54) is 5.56 Å². The van der Waals surface area contributed by atoms with Crippen molar-refractivity contribution in [3.8, 4) is 0 Å². The van der Waals surface area contributed by atoms with E-state index in [2.05, 4.69) is 10.3 Å². The molecule has 0 N–H and O–H groups in total. The van der Waals surface area contributed by atoms with Gasteiger partial charge in [-0.1, -0.05) is 53.6 Å². The molecular weight excluding hydrogens is 338 g/mol. The van der Waals surface area contributed by atoms with Crippen molar-refractivity contribution in [3.63, 3.8) is 0 Å². The minimum absolute atomic E-state index is 0.0640. The molecule has 6 heteroatoms. The first-order valence-corrected chi connectivity index (χ1v) is 8.43. The van der Waals surface area contributed by atoms with Gasteiger partial charge in [-0.15, -0.1) is 5.10 Å². The van der Waals surface area contributed by atoms with Crippen LogP contribution in [0.5, 0.6) is 0 Å². The van der Waals surface area contributed by atoms with Crippen LogP contribution in [-0.2, 0) is 11.3 Å². The topological polar surface area (TPSA) is 64.8 Å². The number of aryl methyl sites for hydroxylation is 1. The summed E-state index contributed by atoms with van der Waals surface area (Å²) in [4.78, 5) is 24.8. The summed E-state index contributed by atoms with van der Waals surface area (Å²) < 4.78 is 1.10. The number of carbonyl (C=O) groups is 1. The number of benzene rings is 2. The van der Waals surface area contributed by atoms with E-state index in [9.17, 15) is 9.59 Å². The molecule has 128 valence electrons. The Morgan fingerprint density at radius 1 is 1.20 bits per heavy atom. The molecule has 3 aromatic rings. The van der Waals surface area contributed by atoms with Crippen LogP contribution in [0.25, 0.3) is 10.9 Å². The number of halogens is 1. The van der Waals surface area contributed by atoms with Crippen molar-refractivity contribution < 1.29 is 4.79 Å². The zero-order valence-electron chi connectivity index (χ0n) is 14.1. The van der Waals surface area contributed by atoms with Crippen molar-refractivity contribution in [2.75, 3.05) is 0 Å². The van der Waals surface area contributed by atoms with Gasteiger partial charge in [0.05, 0.1) is 5.39 Å². The highest BCUT2D eigenvalue weighted by atomic mass is 35.5. The lowest BCUT2D eigenvalue weighted by Gasteiger charge is -2.12. The fourth-order valence-corrected chi connectivity index (χ4v) is 2.91. The standard InChI is InChI=1S/C19H18ClN3O2/c1-12-3-5-14(6-4-12)13(2)9-16(24)11-23-19(25)17-10-15(20)7-8-18(17)21-22-23/h3-8,10,13H,9,11H2,1-2H3/t13-/m1/s1. The van der Waals surface area contributed by atoms with E-state index in [1.807, 2.05) is 38.1 Å². The maximum Gasteiger partial charge on any atom is 0.278 e. The largest absolute Gasteiger partial charge is 0.298 e. The van der Waals surface area contributed by atoms with Crippen LogP contribution < -0.4 is 5.56 Å². The van der Waals surface area contributed by atoms with Crippen LogP contribution >= 0.6 is 11.6 Å². The Bertz CT molecular complexity index is 980. The number of hydrogen-bond acceptors (Lipinski definition) is 4. The molecule has 25 heavy (non-hydrogen) atoms. The number of fused-ring (bicyclic) bond motifs is 1. The van der Waals surface area contributed by atoms with Crippen molar-refractivity contribution in [2.24, 2.45) is 0 Å². The van der Waals surface area contributed by atoms with Gasteiger partial charge in [0.2, 0.25) is 0 Å². The fourth-order valence-electron chi connectivity index (χ4n) is 2.74. The molecule has 1 aromatic heterocycles. The molecule has 0 aliphatic carbocycles. The van der Waals surface area contributed by atoms with E-state index in [0.717, 1.165) is 10.2 Å². The molecule has 3 rings (SSSR count). The second-order valence-electron chi connectivity index (χ2n) is 6.27. The number of Topliss-reactive ketones (excluding diaryl/α,β-unsaturated/α-hetero) is 1. The average molecular weight is 356 g/mol. The maximum absolute atomic E-state index is 12.5. The Morgan fingerprint density at radius 3 is 2.64 bits per heavy atom. The van der Waals surface area contributed by atoms with Gasteiger partial charge >= 0.3 is 0 Å². The van der Waals surface area contributed by atoms with Crippen LogP contribution in [0.4, 0.5) is 0 Å². The van der Waals surface area contributed by atoms with E-state index in [0.29, 0.717) is 22.3 Å². The Morgan fingerprint density at radius 2 is 1.92 bits per heavy atom. The highest BCUT2D eigenvalue weighted by molar-refractivity contribution is 6.31. The first kappa shape index (κ1) is 17.3. The third kappa shape index (κ3) is 3.94. The SMILES string of the molecule is Cc1ccc([C@H](C)CC(=O)Cn2nnc3ccc(Cl)cc3c2=O)cc1. The molecule has 0 amide bonds. The van der Waals surface area contributed by atoms with Crippen molar-refractivity contribution in [1.82, 2.24) is 15.0 Å². The number of carbonyl (C=O) groups excluding carboxylic acids is 1. The molecule has 0 saturated heterocycles. The van der Waals surface area contributed by atoms with Gasteiger partial charge in [-0.05, 0) is 36.6 Å². The highest BCUT2D eigenvalue weighted by Gasteiger charge is 2.14. The molecule has 0 fully saturated rings. The molecule has 0 saturated carbocycles. The van der Waals surface area contributed by atoms with Crippen LogP contribution in [0.15, 0.2) is 47.3 Å². The number of hydrogen-bond donors (Lipinski definition) is 0. The molecule has 0 unspecified atom stereocenters. The summed E-state index contributed by atoms with van der Waals surface area (Å²) in [6, 6.07) is 12.9. The summed E-state index contributed by atoms with van der Waals surface area (Å²) in [5.74, 6) is 0.0116. The lowest BCUT2D eigenvalue weighted by atomic mass is 9.95. The van der Waals surface area contributed by atoms with Gasteiger partial charge in [0.1, 0.15) is 12.1 Å². The van der Waals surface area contributed by atoms with Crippen molar-refractivity contribution >= 4 is 28.3 Å². The van der Waals surface area contributed by atoms with Gasteiger partial charge in [0.15, 0.2) is 5.78 Å². The summed E-state index contributed by atoms with van der Waals surface area (Å²) >= 11 is 5.93. The predicted octanol–water partition coefficient (Wildman–Crippen LogP) is 3.52. The Labute approximate surface area is 150 Å². The molecule has 2 aromatic carbocycles. The molecule has 1 atom stereocenters. The van der Waals surface area contributed by atoms with Crippen molar-refractivity contribution in [2.45, 2.75) is 32.7 Å². The van der Waals surface area contributed by atoms with E-state index < -0.39 is 0 Å². The smallest absolute Gasteiger partial charge is 0.278 e. The van der Waals surface area contributed by atoms with Gasteiger partial charge in [0, 0.05) is 11.4 Å². The molecular formula is C19H18ClN3O2. The summed E-state index contributed by atoms with van der Waals surface area (Å²) in [6.45, 7) is 3.93. The van der Waals surface area contributed by atoms with Crippen LogP contribution in [-0.4, -0.2) is 20.8 Å². The van der Waals surface area contributed by atoms with E-state index >= 15 is 0 Å². The second-order valence-corrected chi connectivity index (χ2v) is 6.70. The zero-order chi connectivity index (χ0) is 18.0. The van der Waals surface area contributed by atoms with Crippen LogP contribution in [0, 0.1) is 6.92 Å². The quantitative estimate of drug-likeness (QED) is 0.702. The lowest BCUT2D eigenvalue weighted by Crippen LogP contribution is -2.28. The monoisotopic (exact) mass is 355 g/mol. The van der Waals surface area contributed by atoms with Crippen molar-refractivity contribution in [3.05, 3.63) is 69.0 Å². The lowest BCUT2D eigenvalue weighted by molar-refractivity contribution is -0.120. The first-order valence-electron chi connectivity index (χ1n) is 8.05. The summed E-state index contributed by atoms with van der Waals surface area (Å²) in [5.41, 5.74) is 2.39. The average Bonchev–Trinajstić information content (AvgIpc) is 2.58. The molecule has 0 spiro atoms. The third-order valence-electron chi connectivity index (χ3n) is 4.19. The second kappa shape index (κ2) is 7.15. The van der Waals surface area contributed by atoms with Gasteiger partial charge < -0.3 is 0 Å². The summed E-state index contributed by atoms with van der Waals surface area (Å²) in [7, 11) is 0. The summed E-state index contributed by atoms with van der Waals surface area (Å²) in [5, 5.41) is 8.65. The van der Waals surface area contributed by atoms with Gasteiger partial charge in [-0.25, -0.2) is 4.68 Å². The fraction of sp³-hybridized carbons (Fsp3) is 0.263. The summed E-state index contributed by atoms with van der Waals surface area (Å²) in [6.07, 6.45) is 0.338. The number of rotatable bonds is 5. The molecule has 0 aliphatic rings. The van der Waals surface area contributed by atoms with Crippen LogP contribution in [0.3, 0.4) is 0 Å². The zero-order valence-corrected chi connectivity index (χ0v) is 14.8. The molecule has 1 heterocycles. The number of nitrogens with zero attached hydrogens (tertiary/aromatic N) is 3. The van der Waals surface area contributed by atoms with Gasteiger partial charge in [0.25, 0.3) is 5.56 Å².